The van der Waals surface area contributed by atoms with Crippen molar-refractivity contribution in [3.8, 4) is 11.5 Å². The largest absolute Gasteiger partial charge is 0.497 e. The molecule has 2 aromatic rings. The van der Waals surface area contributed by atoms with Gasteiger partial charge >= 0.3 is 0 Å². The fourth-order valence-electron chi connectivity index (χ4n) is 1.94. The molecule has 2 aromatic carbocycles. The van der Waals surface area contributed by atoms with Crippen LogP contribution in [0.1, 0.15) is 11.1 Å². The lowest BCUT2D eigenvalue weighted by Crippen LogP contribution is -2.01. The van der Waals surface area contributed by atoms with Crippen molar-refractivity contribution in [2.24, 2.45) is 0 Å². The fraction of sp³-hybridized carbons (Fsp3) is 0.250. The molecule has 1 N–H and O–H groups in total. The van der Waals surface area contributed by atoms with E-state index in [1.165, 1.54) is 11.1 Å². The third-order valence-corrected chi connectivity index (χ3v) is 3.05. The van der Waals surface area contributed by atoms with Gasteiger partial charge in [-0.1, -0.05) is 12.1 Å². The van der Waals surface area contributed by atoms with Crippen molar-refractivity contribution in [1.29, 1.82) is 0 Å². The summed E-state index contributed by atoms with van der Waals surface area (Å²) in [6.45, 7) is 2.83. The van der Waals surface area contributed by atoms with Gasteiger partial charge in [-0.25, -0.2) is 0 Å². The third-order valence-electron chi connectivity index (χ3n) is 3.05. The lowest BCUT2D eigenvalue weighted by Gasteiger charge is -2.11. The van der Waals surface area contributed by atoms with Gasteiger partial charge in [0.05, 0.1) is 14.2 Å². The molecule has 100 valence electrons. The van der Waals surface area contributed by atoms with Gasteiger partial charge in [0.25, 0.3) is 0 Å². The molecular formula is C16H19NO2. The summed E-state index contributed by atoms with van der Waals surface area (Å²) < 4.78 is 10.4. The van der Waals surface area contributed by atoms with Crippen molar-refractivity contribution in [1.82, 2.24) is 0 Å². The number of methoxy groups -OCH3 is 2. The van der Waals surface area contributed by atoms with Crippen LogP contribution in [0, 0.1) is 6.92 Å². The molecule has 0 aromatic heterocycles. The molecule has 0 amide bonds. The van der Waals surface area contributed by atoms with E-state index in [0.717, 1.165) is 23.7 Å². The van der Waals surface area contributed by atoms with E-state index in [-0.39, 0.29) is 0 Å². The number of nitrogens with one attached hydrogen (secondary N) is 1. The summed E-state index contributed by atoms with van der Waals surface area (Å²) in [5, 5.41) is 3.42. The minimum Gasteiger partial charge on any atom is -0.497 e. The van der Waals surface area contributed by atoms with E-state index in [1.54, 1.807) is 14.2 Å². The first-order valence-corrected chi connectivity index (χ1v) is 6.24. The van der Waals surface area contributed by atoms with Crippen LogP contribution in [0.25, 0.3) is 0 Å². The average molecular weight is 257 g/mol. The molecule has 0 aliphatic rings. The Morgan fingerprint density at radius 1 is 0.947 bits per heavy atom. The molecule has 0 saturated heterocycles. The number of aryl methyl sites for hydroxylation is 1. The Kier molecular flexibility index (Phi) is 4.29. The highest BCUT2D eigenvalue weighted by Gasteiger charge is 2.01. The van der Waals surface area contributed by atoms with E-state index < -0.39 is 0 Å². The van der Waals surface area contributed by atoms with Crippen LogP contribution < -0.4 is 14.8 Å². The number of ether oxygens (including phenoxy) is 2. The monoisotopic (exact) mass is 257 g/mol. The van der Waals surface area contributed by atoms with Gasteiger partial charge in [0.1, 0.15) is 11.5 Å². The summed E-state index contributed by atoms with van der Waals surface area (Å²) >= 11 is 0. The molecule has 2 rings (SSSR count). The molecule has 19 heavy (non-hydrogen) atoms. The number of rotatable bonds is 5. The van der Waals surface area contributed by atoms with Crippen molar-refractivity contribution in [2.45, 2.75) is 13.5 Å². The number of benzene rings is 2. The zero-order valence-electron chi connectivity index (χ0n) is 11.6. The van der Waals surface area contributed by atoms with Gasteiger partial charge < -0.3 is 14.8 Å². The summed E-state index contributed by atoms with van der Waals surface area (Å²) in [6.07, 6.45) is 0. The van der Waals surface area contributed by atoms with Crippen molar-refractivity contribution >= 4 is 5.69 Å². The van der Waals surface area contributed by atoms with Crippen LogP contribution in [0.5, 0.6) is 11.5 Å². The van der Waals surface area contributed by atoms with Crippen LogP contribution in [0.2, 0.25) is 0 Å². The molecule has 0 bridgehead atoms. The first-order valence-electron chi connectivity index (χ1n) is 6.24. The summed E-state index contributed by atoms with van der Waals surface area (Å²) in [4.78, 5) is 0. The van der Waals surface area contributed by atoms with E-state index in [2.05, 4.69) is 18.3 Å². The van der Waals surface area contributed by atoms with Gasteiger partial charge in [-0.15, -0.1) is 0 Å². The SMILES string of the molecule is COc1cccc(CNc2ccc(OC)cc2C)c1. The van der Waals surface area contributed by atoms with Gasteiger partial charge in [-0.3, -0.25) is 0 Å². The highest BCUT2D eigenvalue weighted by atomic mass is 16.5. The maximum absolute atomic E-state index is 5.22. The zero-order valence-corrected chi connectivity index (χ0v) is 11.6. The van der Waals surface area contributed by atoms with Crippen LogP contribution in [0.4, 0.5) is 5.69 Å². The maximum Gasteiger partial charge on any atom is 0.119 e. The van der Waals surface area contributed by atoms with E-state index in [0.29, 0.717) is 0 Å². The van der Waals surface area contributed by atoms with Crippen LogP contribution in [-0.2, 0) is 6.54 Å². The van der Waals surface area contributed by atoms with E-state index in [4.69, 9.17) is 9.47 Å². The molecule has 0 unspecified atom stereocenters. The molecule has 0 aliphatic heterocycles. The Hall–Kier alpha value is -2.16. The van der Waals surface area contributed by atoms with Crippen LogP contribution in [0.15, 0.2) is 42.5 Å². The second-order valence-corrected chi connectivity index (χ2v) is 4.39. The second-order valence-electron chi connectivity index (χ2n) is 4.39. The zero-order chi connectivity index (χ0) is 13.7. The molecule has 0 radical (unpaired) electrons. The van der Waals surface area contributed by atoms with Crippen LogP contribution in [0.3, 0.4) is 0 Å². The smallest absolute Gasteiger partial charge is 0.119 e. The Morgan fingerprint density at radius 3 is 2.37 bits per heavy atom. The Bertz CT molecular complexity index is 552. The summed E-state index contributed by atoms with van der Waals surface area (Å²) in [7, 11) is 3.36. The number of hydrogen-bond donors (Lipinski definition) is 1. The standard InChI is InChI=1S/C16H19NO2/c1-12-9-15(19-3)7-8-16(12)17-11-13-5-4-6-14(10-13)18-2/h4-10,17H,11H2,1-3H3. The summed E-state index contributed by atoms with van der Waals surface area (Å²) in [5.74, 6) is 1.76. The fourth-order valence-corrected chi connectivity index (χ4v) is 1.94. The first kappa shape index (κ1) is 13.3. The minimum atomic E-state index is 0.768. The lowest BCUT2D eigenvalue weighted by atomic mass is 10.1. The highest BCUT2D eigenvalue weighted by Crippen LogP contribution is 2.22. The summed E-state index contributed by atoms with van der Waals surface area (Å²) in [5.41, 5.74) is 3.47. The first-order chi connectivity index (χ1) is 9.22. The Balaban J connectivity index is 2.05. The average Bonchev–Trinajstić information content (AvgIpc) is 2.46. The van der Waals surface area contributed by atoms with Gasteiger partial charge in [-0.05, 0) is 48.4 Å². The van der Waals surface area contributed by atoms with E-state index in [1.807, 2.05) is 36.4 Å². The third kappa shape index (κ3) is 3.41. The highest BCUT2D eigenvalue weighted by molar-refractivity contribution is 5.54. The molecule has 3 nitrogen and oxygen atoms in total. The quantitative estimate of drug-likeness (QED) is 0.887. The number of hydrogen-bond acceptors (Lipinski definition) is 3. The van der Waals surface area contributed by atoms with Gasteiger partial charge in [0, 0.05) is 12.2 Å². The molecule has 0 fully saturated rings. The van der Waals surface area contributed by atoms with Crippen LogP contribution in [-0.4, -0.2) is 14.2 Å². The lowest BCUT2D eigenvalue weighted by molar-refractivity contribution is 0.414. The van der Waals surface area contributed by atoms with Gasteiger partial charge in [-0.2, -0.15) is 0 Å². The van der Waals surface area contributed by atoms with Crippen molar-refractivity contribution < 1.29 is 9.47 Å². The van der Waals surface area contributed by atoms with Crippen LogP contribution >= 0.6 is 0 Å². The number of anilines is 1. The van der Waals surface area contributed by atoms with Crippen molar-refractivity contribution in [2.75, 3.05) is 19.5 Å². The van der Waals surface area contributed by atoms with E-state index >= 15 is 0 Å². The molecular weight excluding hydrogens is 238 g/mol. The maximum atomic E-state index is 5.22. The van der Waals surface area contributed by atoms with E-state index in [9.17, 15) is 0 Å². The second kappa shape index (κ2) is 6.14. The summed E-state index contributed by atoms with van der Waals surface area (Å²) in [6, 6.07) is 14.1. The molecule has 0 saturated carbocycles. The molecule has 0 atom stereocenters. The molecule has 0 heterocycles. The normalized spacial score (nSPS) is 10.1. The predicted octanol–water partition coefficient (Wildman–Crippen LogP) is 3.62. The molecule has 3 heteroatoms. The Labute approximate surface area is 114 Å². The van der Waals surface area contributed by atoms with Crippen molar-refractivity contribution in [3.05, 3.63) is 53.6 Å². The predicted molar refractivity (Wildman–Crippen MR) is 78.1 cm³/mol. The van der Waals surface area contributed by atoms with Gasteiger partial charge in [0.15, 0.2) is 0 Å². The molecule has 0 aliphatic carbocycles. The van der Waals surface area contributed by atoms with Crippen molar-refractivity contribution in [3.63, 3.8) is 0 Å². The van der Waals surface area contributed by atoms with Gasteiger partial charge in [0.2, 0.25) is 0 Å². The Morgan fingerprint density at radius 2 is 1.68 bits per heavy atom. The molecule has 0 spiro atoms. The minimum absolute atomic E-state index is 0.768. The topological polar surface area (TPSA) is 30.5 Å².